The number of nitrogens with zero attached hydrogens (tertiary/aromatic N) is 3. The second-order valence-corrected chi connectivity index (χ2v) is 7.65. The average molecular weight is 407 g/mol. The van der Waals surface area contributed by atoms with Gasteiger partial charge in [0.25, 0.3) is 0 Å². The van der Waals surface area contributed by atoms with Crippen molar-refractivity contribution in [2.24, 2.45) is 13.0 Å². The molecule has 0 aliphatic rings. The zero-order valence-electron chi connectivity index (χ0n) is 18.1. The van der Waals surface area contributed by atoms with E-state index in [4.69, 9.17) is 9.84 Å². The number of urea groups is 1. The highest BCUT2D eigenvalue weighted by Gasteiger charge is 2.24. The SMILES string of the molecule is CCNC(=O)N(Cc1c(-c2ccccc2)nn(C)c1Oc1ccccc1)CC(C)C. The molecule has 2 amide bonds. The van der Waals surface area contributed by atoms with Crippen LogP contribution in [0, 0.1) is 5.92 Å². The van der Waals surface area contributed by atoms with E-state index in [0.717, 1.165) is 22.6 Å². The summed E-state index contributed by atoms with van der Waals surface area (Å²) < 4.78 is 7.98. The number of rotatable bonds is 8. The van der Waals surface area contributed by atoms with E-state index in [1.165, 1.54) is 0 Å². The molecule has 0 spiro atoms. The van der Waals surface area contributed by atoms with Gasteiger partial charge < -0.3 is 15.0 Å². The van der Waals surface area contributed by atoms with Gasteiger partial charge in [-0.05, 0) is 25.0 Å². The van der Waals surface area contributed by atoms with E-state index in [1.54, 1.807) is 4.68 Å². The van der Waals surface area contributed by atoms with Crippen molar-refractivity contribution in [3.63, 3.8) is 0 Å². The minimum atomic E-state index is -0.0836. The first-order chi connectivity index (χ1) is 14.5. The van der Waals surface area contributed by atoms with Crippen LogP contribution in [0.4, 0.5) is 4.79 Å². The predicted octanol–water partition coefficient (Wildman–Crippen LogP) is 5.07. The molecule has 0 atom stereocenters. The largest absolute Gasteiger partial charge is 0.439 e. The third-order valence-electron chi connectivity index (χ3n) is 4.64. The lowest BCUT2D eigenvalue weighted by atomic mass is 10.1. The minimum absolute atomic E-state index is 0.0836. The number of carbonyl (C=O) groups excluding carboxylic acids is 1. The molecule has 0 unspecified atom stereocenters. The number of benzene rings is 2. The van der Waals surface area contributed by atoms with Gasteiger partial charge in [-0.25, -0.2) is 9.48 Å². The molecule has 0 saturated heterocycles. The van der Waals surface area contributed by atoms with Gasteiger partial charge in [-0.1, -0.05) is 62.4 Å². The summed E-state index contributed by atoms with van der Waals surface area (Å²) in [5, 5.41) is 7.67. The molecule has 0 fully saturated rings. The number of ether oxygens (including phenoxy) is 1. The summed E-state index contributed by atoms with van der Waals surface area (Å²) in [5.41, 5.74) is 2.70. The third-order valence-corrected chi connectivity index (χ3v) is 4.64. The summed E-state index contributed by atoms with van der Waals surface area (Å²) in [6, 6.07) is 19.6. The van der Waals surface area contributed by atoms with Crippen molar-refractivity contribution in [2.75, 3.05) is 13.1 Å². The van der Waals surface area contributed by atoms with Crippen LogP contribution in [-0.2, 0) is 13.6 Å². The molecular formula is C24H30N4O2. The summed E-state index contributed by atoms with van der Waals surface area (Å²) in [6.07, 6.45) is 0. The van der Waals surface area contributed by atoms with Crippen LogP contribution in [0.2, 0.25) is 0 Å². The average Bonchev–Trinajstić information content (AvgIpc) is 3.04. The van der Waals surface area contributed by atoms with Gasteiger partial charge in [0.2, 0.25) is 5.88 Å². The topological polar surface area (TPSA) is 59.4 Å². The molecule has 158 valence electrons. The molecule has 6 nitrogen and oxygen atoms in total. The molecular weight excluding hydrogens is 376 g/mol. The molecule has 1 heterocycles. The molecule has 0 aliphatic carbocycles. The van der Waals surface area contributed by atoms with Crippen molar-refractivity contribution in [2.45, 2.75) is 27.3 Å². The number of nitrogens with one attached hydrogen (secondary N) is 1. The van der Waals surface area contributed by atoms with Gasteiger partial charge in [-0.2, -0.15) is 5.10 Å². The summed E-state index contributed by atoms with van der Waals surface area (Å²) in [7, 11) is 1.87. The maximum Gasteiger partial charge on any atom is 0.317 e. The molecule has 3 rings (SSSR count). The molecule has 0 bridgehead atoms. The minimum Gasteiger partial charge on any atom is -0.439 e. The number of para-hydroxylation sites is 1. The van der Waals surface area contributed by atoms with Gasteiger partial charge in [0.1, 0.15) is 11.4 Å². The standard InChI is InChI=1S/C24H30N4O2/c1-5-25-24(29)28(16-18(2)3)17-21-22(19-12-8-6-9-13-19)26-27(4)23(21)30-20-14-10-7-11-15-20/h6-15,18H,5,16-17H2,1-4H3,(H,25,29). The Kier molecular flexibility index (Phi) is 7.12. The van der Waals surface area contributed by atoms with Crippen molar-refractivity contribution < 1.29 is 9.53 Å². The molecule has 0 aliphatic heterocycles. The van der Waals surface area contributed by atoms with Crippen LogP contribution in [0.1, 0.15) is 26.3 Å². The van der Waals surface area contributed by atoms with E-state index in [2.05, 4.69) is 19.2 Å². The molecule has 30 heavy (non-hydrogen) atoms. The van der Waals surface area contributed by atoms with E-state index in [1.807, 2.05) is 79.5 Å². The van der Waals surface area contributed by atoms with Crippen LogP contribution in [0.5, 0.6) is 11.6 Å². The highest BCUT2D eigenvalue weighted by Crippen LogP contribution is 2.34. The fourth-order valence-corrected chi connectivity index (χ4v) is 3.36. The van der Waals surface area contributed by atoms with E-state index in [-0.39, 0.29) is 6.03 Å². The summed E-state index contributed by atoms with van der Waals surface area (Å²) >= 11 is 0. The van der Waals surface area contributed by atoms with E-state index in [9.17, 15) is 4.79 Å². The second kappa shape index (κ2) is 9.96. The smallest absolute Gasteiger partial charge is 0.317 e. The van der Waals surface area contributed by atoms with Crippen LogP contribution in [0.25, 0.3) is 11.3 Å². The Bertz CT molecular complexity index is 952. The number of aromatic nitrogens is 2. The Morgan fingerprint density at radius 3 is 2.33 bits per heavy atom. The quantitative estimate of drug-likeness (QED) is 0.568. The molecule has 0 radical (unpaired) electrons. The lowest BCUT2D eigenvalue weighted by Gasteiger charge is -2.25. The van der Waals surface area contributed by atoms with Crippen LogP contribution in [0.15, 0.2) is 60.7 Å². The maximum absolute atomic E-state index is 12.8. The highest BCUT2D eigenvalue weighted by atomic mass is 16.5. The molecule has 2 aromatic carbocycles. The Labute approximate surface area is 178 Å². The van der Waals surface area contributed by atoms with Crippen molar-refractivity contribution >= 4 is 6.03 Å². The number of amides is 2. The summed E-state index contributed by atoms with van der Waals surface area (Å²) in [4.78, 5) is 14.6. The van der Waals surface area contributed by atoms with Crippen LogP contribution in [0.3, 0.4) is 0 Å². The van der Waals surface area contributed by atoms with E-state index >= 15 is 0 Å². The van der Waals surface area contributed by atoms with Crippen LogP contribution < -0.4 is 10.1 Å². The van der Waals surface area contributed by atoms with Crippen molar-refractivity contribution in [3.05, 3.63) is 66.2 Å². The molecule has 6 heteroatoms. The lowest BCUT2D eigenvalue weighted by molar-refractivity contribution is 0.188. The molecule has 3 aromatic rings. The van der Waals surface area contributed by atoms with Crippen molar-refractivity contribution in [1.29, 1.82) is 0 Å². The third kappa shape index (κ3) is 5.20. The van der Waals surface area contributed by atoms with Crippen LogP contribution >= 0.6 is 0 Å². The Morgan fingerprint density at radius 2 is 1.73 bits per heavy atom. The molecule has 0 saturated carbocycles. The first-order valence-electron chi connectivity index (χ1n) is 10.4. The molecule has 1 aromatic heterocycles. The van der Waals surface area contributed by atoms with Gasteiger partial charge in [0.15, 0.2) is 0 Å². The number of carbonyl (C=O) groups is 1. The van der Waals surface area contributed by atoms with Gasteiger partial charge >= 0.3 is 6.03 Å². The normalized spacial score (nSPS) is 10.8. The van der Waals surface area contributed by atoms with Gasteiger partial charge in [0.05, 0.1) is 12.1 Å². The van der Waals surface area contributed by atoms with Crippen molar-refractivity contribution in [1.82, 2.24) is 20.0 Å². The highest BCUT2D eigenvalue weighted by molar-refractivity contribution is 5.75. The van der Waals surface area contributed by atoms with Gasteiger partial charge in [-0.15, -0.1) is 0 Å². The Morgan fingerprint density at radius 1 is 1.10 bits per heavy atom. The van der Waals surface area contributed by atoms with E-state index < -0.39 is 0 Å². The van der Waals surface area contributed by atoms with E-state index in [0.29, 0.717) is 31.4 Å². The fraction of sp³-hybridized carbons (Fsp3) is 0.333. The van der Waals surface area contributed by atoms with Gasteiger partial charge in [-0.3, -0.25) is 0 Å². The lowest BCUT2D eigenvalue weighted by Crippen LogP contribution is -2.41. The monoisotopic (exact) mass is 406 g/mol. The zero-order chi connectivity index (χ0) is 21.5. The van der Waals surface area contributed by atoms with Gasteiger partial charge in [0, 0.05) is 25.7 Å². The molecule has 1 N–H and O–H groups in total. The first-order valence-corrected chi connectivity index (χ1v) is 10.4. The fourth-order valence-electron chi connectivity index (χ4n) is 3.36. The summed E-state index contributed by atoms with van der Waals surface area (Å²) in [6.45, 7) is 7.77. The second-order valence-electron chi connectivity index (χ2n) is 7.65. The first kappa shape index (κ1) is 21.4. The summed E-state index contributed by atoms with van der Waals surface area (Å²) in [5.74, 6) is 1.70. The Balaban J connectivity index is 2.05. The van der Waals surface area contributed by atoms with Crippen LogP contribution in [-0.4, -0.2) is 33.8 Å². The van der Waals surface area contributed by atoms with Crippen molar-refractivity contribution in [3.8, 4) is 22.9 Å². The predicted molar refractivity (Wildman–Crippen MR) is 119 cm³/mol. The number of hydrogen-bond donors (Lipinski definition) is 1. The number of hydrogen-bond acceptors (Lipinski definition) is 3. The zero-order valence-corrected chi connectivity index (χ0v) is 18.1. The Hall–Kier alpha value is -3.28. The number of aryl methyl sites for hydroxylation is 1. The maximum atomic E-state index is 12.8.